The predicted octanol–water partition coefficient (Wildman–Crippen LogP) is 4.96. The zero-order valence-electron chi connectivity index (χ0n) is 16.3. The summed E-state index contributed by atoms with van der Waals surface area (Å²) in [6.07, 6.45) is 0. The molecule has 0 spiro atoms. The number of hydrogen-bond acceptors (Lipinski definition) is 10. The van der Waals surface area contributed by atoms with Gasteiger partial charge in [-0.1, -0.05) is 17.4 Å². The van der Waals surface area contributed by atoms with Crippen molar-refractivity contribution in [3.05, 3.63) is 46.2 Å². The number of esters is 1. The van der Waals surface area contributed by atoms with Gasteiger partial charge >= 0.3 is 5.97 Å². The number of fused-ring (bicyclic) bond motifs is 1. The van der Waals surface area contributed by atoms with Crippen LogP contribution in [0.15, 0.2) is 23.6 Å². The molecular weight excluding hydrogens is 427 g/mol. The summed E-state index contributed by atoms with van der Waals surface area (Å²) in [6.45, 7) is 5.83. The molecule has 2 N–H and O–H groups in total. The normalized spacial score (nSPS) is 10.9. The van der Waals surface area contributed by atoms with Crippen LogP contribution in [0.2, 0.25) is 0 Å². The Labute approximate surface area is 179 Å². The minimum absolute atomic E-state index is 0.244. The highest BCUT2D eigenvalue weighted by atomic mass is 32.1. The molecule has 3 heterocycles. The van der Waals surface area contributed by atoms with Crippen LogP contribution in [0.1, 0.15) is 28.5 Å². The summed E-state index contributed by atoms with van der Waals surface area (Å²) in [6, 6.07) is 4.85. The standard InChI is InChI=1S/C19H17FN6O2S2/c1-4-28-17(27)12-8-29-18(21-12)23-15-9(2)10(3)16(26-25-15)24-19-22-14-11(20)6-5-7-13(14)30-19/h5-8H,4H2,1-3H3,(H,21,23,25)(H,22,24,26). The molecular formula is C19H17FN6O2S2. The lowest BCUT2D eigenvalue weighted by Crippen LogP contribution is -2.06. The van der Waals surface area contributed by atoms with Crippen LogP contribution in [0.5, 0.6) is 0 Å². The number of para-hydroxylation sites is 1. The smallest absolute Gasteiger partial charge is 0.357 e. The van der Waals surface area contributed by atoms with Gasteiger partial charge in [0.2, 0.25) is 0 Å². The molecule has 4 rings (SSSR count). The van der Waals surface area contributed by atoms with E-state index in [-0.39, 0.29) is 11.5 Å². The molecule has 0 radical (unpaired) electrons. The molecule has 0 fully saturated rings. The third-order valence-electron chi connectivity index (χ3n) is 4.33. The van der Waals surface area contributed by atoms with Crippen molar-refractivity contribution < 1.29 is 13.9 Å². The fourth-order valence-corrected chi connectivity index (χ4v) is 4.20. The van der Waals surface area contributed by atoms with Crippen molar-refractivity contribution in [2.24, 2.45) is 0 Å². The van der Waals surface area contributed by atoms with Gasteiger partial charge in [-0.05, 0) is 32.9 Å². The zero-order chi connectivity index (χ0) is 21.3. The number of nitrogens with one attached hydrogen (secondary N) is 2. The van der Waals surface area contributed by atoms with E-state index in [1.165, 1.54) is 28.7 Å². The van der Waals surface area contributed by atoms with Crippen LogP contribution in [0.4, 0.5) is 26.3 Å². The number of carbonyl (C=O) groups is 1. The quantitative estimate of drug-likeness (QED) is 0.402. The fourth-order valence-electron chi connectivity index (χ4n) is 2.64. The molecule has 0 saturated carbocycles. The lowest BCUT2D eigenvalue weighted by molar-refractivity contribution is 0.0520. The maximum Gasteiger partial charge on any atom is 0.357 e. The summed E-state index contributed by atoms with van der Waals surface area (Å²) < 4.78 is 19.6. The molecule has 8 nitrogen and oxygen atoms in total. The number of ether oxygens (including phenoxy) is 1. The highest BCUT2D eigenvalue weighted by molar-refractivity contribution is 7.22. The maximum absolute atomic E-state index is 13.9. The first-order chi connectivity index (χ1) is 14.5. The molecule has 1 aromatic carbocycles. The molecule has 0 saturated heterocycles. The Morgan fingerprint density at radius 3 is 2.47 bits per heavy atom. The molecule has 0 bridgehead atoms. The van der Waals surface area contributed by atoms with E-state index < -0.39 is 5.97 Å². The maximum atomic E-state index is 13.9. The number of thiazole rings is 2. The summed E-state index contributed by atoms with van der Waals surface area (Å²) in [4.78, 5) is 20.3. The van der Waals surface area contributed by atoms with Crippen LogP contribution in [0.25, 0.3) is 10.2 Å². The Morgan fingerprint density at radius 1 is 1.10 bits per heavy atom. The highest BCUT2D eigenvalue weighted by Crippen LogP contribution is 2.31. The molecule has 0 amide bonds. The first kappa shape index (κ1) is 20.1. The molecule has 11 heteroatoms. The minimum atomic E-state index is -0.465. The number of hydrogen-bond donors (Lipinski definition) is 2. The van der Waals surface area contributed by atoms with Crippen LogP contribution >= 0.6 is 22.7 Å². The van der Waals surface area contributed by atoms with Gasteiger partial charge in [-0.25, -0.2) is 19.2 Å². The lowest BCUT2D eigenvalue weighted by atomic mass is 10.2. The highest BCUT2D eigenvalue weighted by Gasteiger charge is 2.16. The number of carbonyl (C=O) groups excluding carboxylic acids is 1. The van der Waals surface area contributed by atoms with E-state index >= 15 is 0 Å². The number of rotatable bonds is 6. The third kappa shape index (κ3) is 3.94. The van der Waals surface area contributed by atoms with Gasteiger partial charge in [0, 0.05) is 16.5 Å². The van der Waals surface area contributed by atoms with Crippen molar-refractivity contribution in [2.45, 2.75) is 20.8 Å². The van der Waals surface area contributed by atoms with Gasteiger partial charge in [0.05, 0.1) is 11.3 Å². The second-order valence-corrected chi connectivity index (χ2v) is 8.15. The lowest BCUT2D eigenvalue weighted by Gasteiger charge is -2.11. The van der Waals surface area contributed by atoms with E-state index in [1.54, 1.807) is 18.4 Å². The average molecular weight is 445 g/mol. The Balaban J connectivity index is 1.54. The van der Waals surface area contributed by atoms with Crippen molar-refractivity contribution >= 4 is 60.8 Å². The van der Waals surface area contributed by atoms with Crippen molar-refractivity contribution in [2.75, 3.05) is 17.2 Å². The number of halogens is 1. The first-order valence-corrected chi connectivity index (χ1v) is 10.7. The second kappa shape index (κ2) is 8.28. The monoisotopic (exact) mass is 444 g/mol. The summed E-state index contributed by atoms with van der Waals surface area (Å²) in [5.74, 6) is 0.232. The van der Waals surface area contributed by atoms with Gasteiger partial charge in [-0.3, -0.25) is 0 Å². The second-order valence-electron chi connectivity index (χ2n) is 6.26. The Hall–Kier alpha value is -3.18. The fraction of sp³-hybridized carbons (Fsp3) is 0.211. The zero-order valence-corrected chi connectivity index (χ0v) is 17.9. The Bertz CT molecular complexity index is 1240. The minimum Gasteiger partial charge on any atom is -0.461 e. The van der Waals surface area contributed by atoms with E-state index in [2.05, 4.69) is 30.8 Å². The summed E-state index contributed by atoms with van der Waals surface area (Å²) in [5, 5.41) is 17.3. The third-order valence-corrected chi connectivity index (χ3v) is 6.03. The molecule has 3 aromatic heterocycles. The van der Waals surface area contributed by atoms with Crippen LogP contribution in [-0.2, 0) is 4.74 Å². The molecule has 0 atom stereocenters. The van der Waals surface area contributed by atoms with Crippen molar-refractivity contribution in [3.63, 3.8) is 0 Å². The molecule has 0 aliphatic carbocycles. The van der Waals surface area contributed by atoms with E-state index in [0.29, 0.717) is 34.0 Å². The van der Waals surface area contributed by atoms with Crippen LogP contribution in [0.3, 0.4) is 0 Å². The molecule has 154 valence electrons. The van der Waals surface area contributed by atoms with Crippen molar-refractivity contribution in [1.82, 2.24) is 20.2 Å². The number of anilines is 4. The molecule has 0 aliphatic rings. The van der Waals surface area contributed by atoms with Gasteiger partial charge in [-0.15, -0.1) is 21.5 Å². The first-order valence-electron chi connectivity index (χ1n) is 9.02. The van der Waals surface area contributed by atoms with E-state index in [0.717, 1.165) is 15.8 Å². The van der Waals surface area contributed by atoms with Gasteiger partial charge < -0.3 is 15.4 Å². The molecule has 0 aliphatic heterocycles. The van der Waals surface area contributed by atoms with Gasteiger partial charge in [0.25, 0.3) is 0 Å². The largest absolute Gasteiger partial charge is 0.461 e. The molecule has 30 heavy (non-hydrogen) atoms. The van der Waals surface area contributed by atoms with E-state index in [4.69, 9.17) is 4.74 Å². The van der Waals surface area contributed by atoms with Crippen LogP contribution < -0.4 is 10.6 Å². The number of aromatic nitrogens is 4. The van der Waals surface area contributed by atoms with Crippen molar-refractivity contribution in [1.29, 1.82) is 0 Å². The average Bonchev–Trinajstić information content (AvgIpc) is 3.35. The van der Waals surface area contributed by atoms with E-state index in [1.807, 2.05) is 19.9 Å². The van der Waals surface area contributed by atoms with Crippen LogP contribution in [0, 0.1) is 19.7 Å². The predicted molar refractivity (Wildman–Crippen MR) is 116 cm³/mol. The summed E-state index contributed by atoms with van der Waals surface area (Å²) >= 11 is 2.61. The SMILES string of the molecule is CCOC(=O)c1csc(Nc2nnc(Nc3nc4c(F)cccc4s3)c(C)c2C)n1. The van der Waals surface area contributed by atoms with E-state index in [9.17, 15) is 9.18 Å². The topological polar surface area (TPSA) is 102 Å². The van der Waals surface area contributed by atoms with Gasteiger partial charge in [0.1, 0.15) is 11.3 Å². The molecule has 4 aromatic rings. The van der Waals surface area contributed by atoms with Crippen molar-refractivity contribution in [3.8, 4) is 0 Å². The van der Waals surface area contributed by atoms with Gasteiger partial charge in [-0.2, -0.15) is 0 Å². The number of nitrogens with zero attached hydrogens (tertiary/aromatic N) is 4. The van der Waals surface area contributed by atoms with Gasteiger partial charge in [0.15, 0.2) is 27.6 Å². The number of benzene rings is 1. The summed E-state index contributed by atoms with van der Waals surface area (Å²) in [7, 11) is 0. The van der Waals surface area contributed by atoms with Crippen LogP contribution in [-0.4, -0.2) is 32.7 Å². The Kier molecular flexibility index (Phi) is 5.55. The summed E-state index contributed by atoms with van der Waals surface area (Å²) in [5.41, 5.74) is 2.28. The Morgan fingerprint density at radius 2 is 1.80 bits per heavy atom. The molecule has 0 unspecified atom stereocenters.